The Hall–Kier alpha value is -1.60. The zero-order valence-electron chi connectivity index (χ0n) is 16.5. The Kier molecular flexibility index (Phi) is 6.34. The number of piperazine rings is 1. The van der Waals surface area contributed by atoms with E-state index in [2.05, 4.69) is 25.7 Å². The summed E-state index contributed by atoms with van der Waals surface area (Å²) in [4.78, 5) is 16.6. The average Bonchev–Trinajstić information content (AvgIpc) is 2.53. The van der Waals surface area contributed by atoms with Gasteiger partial charge in [0, 0.05) is 39.1 Å². The molecule has 26 heavy (non-hydrogen) atoms. The van der Waals surface area contributed by atoms with Crippen molar-refractivity contribution in [2.24, 2.45) is 0 Å². The lowest BCUT2D eigenvalue weighted by atomic mass is 9.86. The van der Waals surface area contributed by atoms with Gasteiger partial charge in [0.25, 0.3) is 0 Å². The summed E-state index contributed by atoms with van der Waals surface area (Å²) in [5, 5.41) is 0. The van der Waals surface area contributed by atoms with Crippen molar-refractivity contribution in [2.45, 2.75) is 32.6 Å². The number of carbonyl (C=O) groups is 1. The topological polar surface area (TPSA) is 60.9 Å². The Morgan fingerprint density at radius 3 is 2.23 bits per heavy atom. The first kappa shape index (κ1) is 20.7. The fourth-order valence-electron chi connectivity index (χ4n) is 3.20. The van der Waals surface area contributed by atoms with Crippen molar-refractivity contribution in [1.82, 2.24) is 9.80 Å². The summed E-state index contributed by atoms with van der Waals surface area (Å²) in [5.41, 5.74) is 1.42. The molecule has 0 atom stereocenters. The Labute approximate surface area is 157 Å². The lowest BCUT2D eigenvalue weighted by molar-refractivity contribution is -0.132. The third-order valence-electron chi connectivity index (χ3n) is 4.77. The van der Waals surface area contributed by atoms with Crippen LogP contribution in [0.25, 0.3) is 0 Å². The number of nitrogens with zero attached hydrogens (tertiary/aromatic N) is 3. The molecule has 1 aliphatic heterocycles. The highest BCUT2D eigenvalue weighted by Crippen LogP contribution is 2.33. The Balaban J connectivity index is 2.19. The first-order valence-corrected chi connectivity index (χ1v) is 10.9. The van der Waals surface area contributed by atoms with Crippen molar-refractivity contribution < 1.29 is 13.2 Å². The molecule has 0 spiro atoms. The second kappa shape index (κ2) is 7.96. The molecule has 7 heteroatoms. The Morgan fingerprint density at radius 2 is 1.69 bits per heavy atom. The maximum Gasteiger partial charge on any atom is 0.232 e. The second-order valence-corrected chi connectivity index (χ2v) is 9.94. The van der Waals surface area contributed by atoms with Crippen LogP contribution in [0.5, 0.6) is 0 Å². The van der Waals surface area contributed by atoms with E-state index in [1.807, 2.05) is 36.2 Å². The maximum atomic E-state index is 12.5. The number of benzene rings is 1. The Morgan fingerprint density at radius 1 is 1.12 bits per heavy atom. The van der Waals surface area contributed by atoms with Crippen LogP contribution < -0.4 is 4.31 Å². The van der Waals surface area contributed by atoms with Gasteiger partial charge in [-0.25, -0.2) is 8.42 Å². The van der Waals surface area contributed by atoms with Crippen LogP contribution in [-0.4, -0.2) is 70.2 Å². The number of amides is 1. The summed E-state index contributed by atoms with van der Waals surface area (Å²) in [6, 6.07) is 7.53. The van der Waals surface area contributed by atoms with Gasteiger partial charge >= 0.3 is 0 Å². The van der Waals surface area contributed by atoms with Crippen LogP contribution in [0, 0.1) is 0 Å². The van der Waals surface area contributed by atoms with Gasteiger partial charge in [0.05, 0.1) is 11.9 Å². The van der Waals surface area contributed by atoms with E-state index in [4.69, 9.17) is 0 Å². The van der Waals surface area contributed by atoms with Crippen molar-refractivity contribution in [3.63, 3.8) is 0 Å². The maximum absolute atomic E-state index is 12.5. The van der Waals surface area contributed by atoms with Crippen molar-refractivity contribution >= 4 is 21.6 Å². The summed E-state index contributed by atoms with van der Waals surface area (Å²) in [5.74, 6) is 0.0139. The molecule has 0 bridgehead atoms. The van der Waals surface area contributed by atoms with Gasteiger partial charge in [0.1, 0.15) is 0 Å². The highest BCUT2D eigenvalue weighted by atomic mass is 32.2. The van der Waals surface area contributed by atoms with E-state index in [0.29, 0.717) is 18.8 Å². The van der Waals surface area contributed by atoms with E-state index >= 15 is 0 Å². The number of sulfonamides is 1. The molecule has 1 heterocycles. The van der Waals surface area contributed by atoms with Crippen molar-refractivity contribution in [3.05, 3.63) is 29.8 Å². The molecule has 0 saturated carbocycles. The van der Waals surface area contributed by atoms with Crippen LogP contribution in [0.3, 0.4) is 0 Å². The van der Waals surface area contributed by atoms with Crippen LogP contribution in [-0.2, 0) is 20.2 Å². The standard InChI is InChI=1S/C19H31N3O3S/c1-19(2,3)16-8-6-7-9-17(16)22(26(5,24)25)11-10-18(23)21-14-12-20(4)13-15-21/h6-9H,10-15H2,1-5H3. The summed E-state index contributed by atoms with van der Waals surface area (Å²) < 4.78 is 26.3. The van der Waals surface area contributed by atoms with E-state index in [9.17, 15) is 13.2 Å². The number of hydrogen-bond acceptors (Lipinski definition) is 4. The van der Waals surface area contributed by atoms with Crippen LogP contribution >= 0.6 is 0 Å². The second-order valence-electron chi connectivity index (χ2n) is 8.04. The van der Waals surface area contributed by atoms with E-state index in [1.54, 1.807) is 0 Å². The molecule has 1 fully saturated rings. The number of carbonyl (C=O) groups excluding carboxylic acids is 1. The molecule has 0 unspecified atom stereocenters. The molecule has 0 aliphatic carbocycles. The minimum absolute atomic E-state index is 0.0139. The lowest BCUT2D eigenvalue weighted by Gasteiger charge is -2.33. The molecule has 1 aromatic carbocycles. The van der Waals surface area contributed by atoms with Gasteiger partial charge in [-0.1, -0.05) is 39.0 Å². The van der Waals surface area contributed by atoms with Crippen molar-refractivity contribution in [2.75, 3.05) is 50.3 Å². The number of para-hydroxylation sites is 1. The predicted molar refractivity (Wildman–Crippen MR) is 106 cm³/mol. The van der Waals surface area contributed by atoms with Crippen molar-refractivity contribution in [1.29, 1.82) is 0 Å². The average molecular weight is 382 g/mol. The minimum Gasteiger partial charge on any atom is -0.340 e. The molecule has 1 amide bonds. The van der Waals surface area contributed by atoms with Crippen molar-refractivity contribution in [3.8, 4) is 0 Å². The zero-order valence-corrected chi connectivity index (χ0v) is 17.3. The smallest absolute Gasteiger partial charge is 0.232 e. The zero-order chi connectivity index (χ0) is 19.5. The number of likely N-dealkylation sites (N-methyl/N-ethyl adjacent to an activating group) is 1. The molecule has 146 valence electrons. The third kappa shape index (κ3) is 5.20. The minimum atomic E-state index is -3.48. The molecule has 1 aliphatic rings. The summed E-state index contributed by atoms with van der Waals surface area (Å²) in [6.45, 7) is 9.45. The highest BCUT2D eigenvalue weighted by molar-refractivity contribution is 7.92. The molecule has 0 N–H and O–H groups in total. The van der Waals surface area contributed by atoms with Gasteiger partial charge in [-0.05, 0) is 24.1 Å². The molecule has 0 radical (unpaired) electrons. The fourth-order valence-corrected chi connectivity index (χ4v) is 4.14. The summed E-state index contributed by atoms with van der Waals surface area (Å²) in [6.07, 6.45) is 1.39. The van der Waals surface area contributed by atoms with Gasteiger partial charge in [0.15, 0.2) is 0 Å². The summed E-state index contributed by atoms with van der Waals surface area (Å²) >= 11 is 0. The van der Waals surface area contributed by atoms with Crippen LogP contribution in [0.2, 0.25) is 0 Å². The predicted octanol–water partition coefficient (Wildman–Crippen LogP) is 1.91. The summed E-state index contributed by atoms with van der Waals surface area (Å²) in [7, 11) is -1.44. The molecular weight excluding hydrogens is 350 g/mol. The van der Waals surface area contributed by atoms with Gasteiger partial charge < -0.3 is 9.80 Å². The largest absolute Gasteiger partial charge is 0.340 e. The van der Waals surface area contributed by atoms with Gasteiger partial charge in [-0.2, -0.15) is 0 Å². The van der Waals surface area contributed by atoms with Gasteiger partial charge in [-0.15, -0.1) is 0 Å². The third-order valence-corrected chi connectivity index (χ3v) is 5.95. The number of hydrogen-bond donors (Lipinski definition) is 0. The van der Waals surface area contributed by atoms with E-state index in [1.165, 1.54) is 10.6 Å². The highest BCUT2D eigenvalue weighted by Gasteiger charge is 2.27. The number of anilines is 1. The first-order valence-electron chi connectivity index (χ1n) is 9.03. The van der Waals surface area contributed by atoms with E-state index in [-0.39, 0.29) is 24.3 Å². The Bertz CT molecular complexity index is 733. The molecule has 6 nitrogen and oxygen atoms in total. The molecule has 0 aromatic heterocycles. The monoisotopic (exact) mass is 381 g/mol. The molecular formula is C19H31N3O3S. The van der Waals surface area contributed by atoms with Crippen LogP contribution in [0.1, 0.15) is 32.8 Å². The van der Waals surface area contributed by atoms with Crippen LogP contribution in [0.15, 0.2) is 24.3 Å². The quantitative estimate of drug-likeness (QED) is 0.782. The van der Waals surface area contributed by atoms with E-state index < -0.39 is 10.0 Å². The molecule has 1 aromatic rings. The van der Waals surface area contributed by atoms with Crippen LogP contribution in [0.4, 0.5) is 5.69 Å². The normalized spacial score (nSPS) is 16.6. The molecule has 2 rings (SSSR count). The first-order chi connectivity index (χ1) is 12.0. The van der Waals surface area contributed by atoms with E-state index in [0.717, 1.165) is 18.7 Å². The number of rotatable bonds is 5. The van der Waals surface area contributed by atoms with Gasteiger partial charge in [0.2, 0.25) is 15.9 Å². The SMILES string of the molecule is CN1CCN(C(=O)CCN(c2ccccc2C(C)(C)C)S(C)(=O)=O)CC1. The lowest BCUT2D eigenvalue weighted by Crippen LogP contribution is -2.48. The van der Waals surface area contributed by atoms with Gasteiger partial charge in [-0.3, -0.25) is 9.10 Å². The fraction of sp³-hybridized carbons (Fsp3) is 0.632. The molecule has 1 saturated heterocycles.